The number of amides is 1. The average Bonchev–Trinajstić information content (AvgIpc) is 3.12. The summed E-state index contributed by atoms with van der Waals surface area (Å²) >= 11 is 0. The van der Waals surface area contributed by atoms with E-state index in [9.17, 15) is 4.79 Å². The van der Waals surface area contributed by atoms with Gasteiger partial charge in [0.15, 0.2) is 0 Å². The number of carbonyl (C=O) groups is 1. The Kier molecular flexibility index (Phi) is 7.18. The summed E-state index contributed by atoms with van der Waals surface area (Å²) in [4.78, 5) is 15.4. The van der Waals surface area contributed by atoms with Crippen LogP contribution in [0.4, 0.5) is 0 Å². The van der Waals surface area contributed by atoms with Gasteiger partial charge in [-0.05, 0) is 50.7 Å². The lowest BCUT2D eigenvalue weighted by atomic mass is 9.72. The minimum atomic E-state index is -1.04. The molecule has 3 rings (SSSR count). The second-order valence-electron chi connectivity index (χ2n) is 8.47. The molecule has 6 heteroatoms. The van der Waals surface area contributed by atoms with Gasteiger partial charge >= 0.3 is 0 Å². The topological polar surface area (TPSA) is 86.6 Å². The van der Waals surface area contributed by atoms with E-state index in [-0.39, 0.29) is 18.4 Å². The zero-order chi connectivity index (χ0) is 20.1. The maximum absolute atomic E-state index is 11.8. The van der Waals surface area contributed by atoms with Gasteiger partial charge in [0, 0.05) is 25.6 Å². The summed E-state index contributed by atoms with van der Waals surface area (Å²) in [5, 5.41) is 0. The Hall–Kier alpha value is -1.37. The number of rotatable bonds is 5. The molecule has 1 aromatic heterocycles. The maximum atomic E-state index is 11.8. The van der Waals surface area contributed by atoms with Gasteiger partial charge in [0.2, 0.25) is 11.7 Å². The zero-order valence-electron chi connectivity index (χ0n) is 17.5. The number of hydrogen-bond donors (Lipinski definition) is 2. The molecule has 3 heterocycles. The van der Waals surface area contributed by atoms with Crippen LogP contribution in [-0.4, -0.2) is 43.1 Å². The van der Waals surface area contributed by atoms with Crippen molar-refractivity contribution in [3.63, 3.8) is 0 Å². The lowest BCUT2D eigenvalue weighted by molar-refractivity contribution is -0.330. The molecule has 0 spiro atoms. The van der Waals surface area contributed by atoms with E-state index < -0.39 is 17.8 Å². The molecule has 158 valence electrons. The van der Waals surface area contributed by atoms with Crippen molar-refractivity contribution in [3.8, 4) is 0 Å². The van der Waals surface area contributed by atoms with E-state index in [1.807, 2.05) is 0 Å². The maximum Gasteiger partial charge on any atom is 0.220 e. The lowest BCUT2D eigenvalue weighted by Gasteiger charge is -2.51. The second-order valence-corrected chi connectivity index (χ2v) is 8.47. The summed E-state index contributed by atoms with van der Waals surface area (Å²) in [7, 11) is 3.25. The van der Waals surface area contributed by atoms with E-state index in [1.165, 1.54) is 37.8 Å². The Morgan fingerprint density at radius 3 is 2.75 bits per heavy atom. The predicted molar refractivity (Wildman–Crippen MR) is 108 cm³/mol. The smallest absolute Gasteiger partial charge is 0.220 e. The molecule has 3 N–H and O–H groups in total. The van der Waals surface area contributed by atoms with Gasteiger partial charge in [0.1, 0.15) is 6.10 Å². The summed E-state index contributed by atoms with van der Waals surface area (Å²) < 4.78 is 18.3. The fourth-order valence-corrected chi connectivity index (χ4v) is 5.28. The molecular formula is C22H36N2O4. The van der Waals surface area contributed by atoms with Crippen molar-refractivity contribution < 1.29 is 19.0 Å². The molecule has 2 aliphatic rings. The number of carbonyl (C=O) groups excluding carboxylic acids is 1. The van der Waals surface area contributed by atoms with Gasteiger partial charge in [-0.2, -0.15) is 0 Å². The normalized spacial score (nSPS) is 32.6. The molecule has 2 aliphatic heterocycles. The van der Waals surface area contributed by atoms with Gasteiger partial charge in [-0.15, -0.1) is 0 Å². The van der Waals surface area contributed by atoms with E-state index in [4.69, 9.17) is 19.9 Å². The van der Waals surface area contributed by atoms with Crippen molar-refractivity contribution >= 4 is 5.91 Å². The van der Waals surface area contributed by atoms with Crippen molar-refractivity contribution in [1.29, 1.82) is 0 Å². The summed E-state index contributed by atoms with van der Waals surface area (Å²) in [6.45, 7) is 2.08. The van der Waals surface area contributed by atoms with Gasteiger partial charge < -0.3 is 24.9 Å². The quantitative estimate of drug-likeness (QED) is 0.801. The van der Waals surface area contributed by atoms with Crippen molar-refractivity contribution in [2.24, 2.45) is 11.7 Å². The number of aromatic nitrogens is 1. The predicted octanol–water partition coefficient (Wildman–Crippen LogP) is 3.65. The molecule has 0 aliphatic carbocycles. The highest BCUT2D eigenvalue weighted by Crippen LogP contribution is 2.50. The Balaban J connectivity index is 2.05. The van der Waals surface area contributed by atoms with Crippen molar-refractivity contribution in [1.82, 2.24) is 4.98 Å². The first-order chi connectivity index (χ1) is 13.5. The van der Waals surface area contributed by atoms with Gasteiger partial charge in [-0.3, -0.25) is 4.79 Å². The summed E-state index contributed by atoms with van der Waals surface area (Å²) in [5.41, 5.74) is 7.90. The molecule has 0 saturated carbocycles. The molecule has 6 nitrogen and oxygen atoms in total. The zero-order valence-corrected chi connectivity index (χ0v) is 17.5. The van der Waals surface area contributed by atoms with Gasteiger partial charge in [0.05, 0.1) is 18.4 Å². The molecule has 1 fully saturated rings. The Morgan fingerprint density at radius 1 is 1.29 bits per heavy atom. The van der Waals surface area contributed by atoms with Crippen molar-refractivity contribution in [2.75, 3.05) is 14.2 Å². The first kappa shape index (κ1) is 21.3. The Labute approximate surface area is 168 Å². The fourth-order valence-electron chi connectivity index (χ4n) is 5.28. The van der Waals surface area contributed by atoms with Gasteiger partial charge in [-0.25, -0.2) is 0 Å². The minimum absolute atomic E-state index is 0.0223. The molecule has 1 aromatic rings. The van der Waals surface area contributed by atoms with Crippen LogP contribution in [0.25, 0.3) is 0 Å². The van der Waals surface area contributed by atoms with Crippen LogP contribution in [-0.2, 0) is 25.4 Å². The highest BCUT2D eigenvalue weighted by atomic mass is 16.7. The summed E-state index contributed by atoms with van der Waals surface area (Å²) in [5.74, 6) is -1.11. The SMILES string of the molecule is COC(CC(N)=O)[C@]1(OC)O[C@@H](C)C[C@@H]2CCCCCCCc3ccc([nH]3)[C@H]21. The number of fused-ring (bicyclic) bond motifs is 4. The number of hydrogen-bond acceptors (Lipinski definition) is 4. The van der Waals surface area contributed by atoms with E-state index in [0.29, 0.717) is 5.92 Å². The fraction of sp³-hybridized carbons (Fsp3) is 0.773. The third-order valence-corrected chi connectivity index (χ3v) is 6.49. The van der Waals surface area contributed by atoms with Crippen LogP contribution in [0.5, 0.6) is 0 Å². The van der Waals surface area contributed by atoms with E-state index in [2.05, 4.69) is 24.0 Å². The number of aromatic amines is 1. The van der Waals surface area contributed by atoms with Crippen molar-refractivity contribution in [2.45, 2.75) is 88.6 Å². The van der Waals surface area contributed by atoms with Crippen LogP contribution < -0.4 is 5.73 Å². The monoisotopic (exact) mass is 392 g/mol. The molecule has 1 saturated heterocycles. The van der Waals surface area contributed by atoms with E-state index >= 15 is 0 Å². The summed E-state index contributed by atoms with van der Waals surface area (Å²) in [6.07, 6.45) is 8.91. The van der Waals surface area contributed by atoms with E-state index in [1.54, 1.807) is 14.2 Å². The van der Waals surface area contributed by atoms with Crippen LogP contribution in [0.15, 0.2) is 12.1 Å². The molecule has 2 bridgehead atoms. The third kappa shape index (κ3) is 4.44. The molecular weight excluding hydrogens is 356 g/mol. The largest absolute Gasteiger partial charge is 0.375 e. The Bertz CT molecular complexity index is 646. The Morgan fingerprint density at radius 2 is 2.04 bits per heavy atom. The molecule has 1 amide bonds. The van der Waals surface area contributed by atoms with Crippen LogP contribution >= 0.6 is 0 Å². The van der Waals surface area contributed by atoms with Gasteiger partial charge in [-0.1, -0.05) is 25.7 Å². The number of aryl methyl sites for hydroxylation is 1. The number of nitrogens with one attached hydrogen (secondary N) is 1. The number of nitrogens with two attached hydrogens (primary N) is 1. The number of H-pyrrole nitrogens is 1. The van der Waals surface area contributed by atoms with Crippen LogP contribution in [0.3, 0.4) is 0 Å². The average molecular weight is 393 g/mol. The highest BCUT2D eigenvalue weighted by molar-refractivity contribution is 5.74. The van der Waals surface area contributed by atoms with Crippen LogP contribution in [0.1, 0.15) is 75.6 Å². The number of primary amides is 1. The number of methoxy groups -OCH3 is 2. The lowest BCUT2D eigenvalue weighted by Crippen LogP contribution is -2.59. The van der Waals surface area contributed by atoms with Crippen molar-refractivity contribution in [3.05, 3.63) is 23.5 Å². The first-order valence-corrected chi connectivity index (χ1v) is 10.7. The first-order valence-electron chi connectivity index (χ1n) is 10.7. The van der Waals surface area contributed by atoms with Gasteiger partial charge in [0.25, 0.3) is 0 Å². The van der Waals surface area contributed by atoms with Crippen LogP contribution in [0, 0.1) is 5.92 Å². The second kappa shape index (κ2) is 9.42. The number of ether oxygens (including phenoxy) is 3. The summed E-state index contributed by atoms with van der Waals surface area (Å²) in [6, 6.07) is 4.34. The molecule has 0 radical (unpaired) electrons. The minimum Gasteiger partial charge on any atom is -0.375 e. The molecule has 1 unspecified atom stereocenters. The highest BCUT2D eigenvalue weighted by Gasteiger charge is 2.56. The standard InChI is InChI=1S/C22H36N2O4/c1-15-13-16-9-7-5-4-6-8-10-17-11-12-18(24-17)21(16)22(27-3,28-15)19(26-2)14-20(23)25/h11-12,15-16,19,21,24H,4-10,13-14H2,1-3H3,(H2,23,25)/t15-,16-,19?,21-,22-/m0/s1. The molecule has 0 aromatic carbocycles. The molecule has 5 atom stereocenters. The van der Waals surface area contributed by atoms with E-state index in [0.717, 1.165) is 25.0 Å². The van der Waals surface area contributed by atoms with Crippen LogP contribution in [0.2, 0.25) is 0 Å². The third-order valence-electron chi connectivity index (χ3n) is 6.49. The molecule has 28 heavy (non-hydrogen) atoms.